The van der Waals surface area contributed by atoms with E-state index in [-0.39, 0.29) is 6.61 Å². The lowest BCUT2D eigenvalue weighted by Gasteiger charge is -2.05. The number of nitro groups is 1. The van der Waals surface area contributed by atoms with Crippen molar-refractivity contribution >= 4 is 11.7 Å². The monoisotopic (exact) mass is 229 g/mol. The molecule has 86 valence electrons. The van der Waals surface area contributed by atoms with Crippen molar-refractivity contribution in [3.05, 3.63) is 33.6 Å². The summed E-state index contributed by atoms with van der Waals surface area (Å²) in [4.78, 5) is 20.7. The average molecular weight is 229 g/mol. The number of carbonyl (C=O) groups is 1. The van der Waals surface area contributed by atoms with Crippen molar-refractivity contribution in [1.82, 2.24) is 0 Å². The van der Waals surface area contributed by atoms with E-state index >= 15 is 0 Å². The summed E-state index contributed by atoms with van der Waals surface area (Å²) in [5.41, 5.74) is -1.57. The van der Waals surface area contributed by atoms with Crippen LogP contribution in [-0.2, 0) is 4.74 Å². The van der Waals surface area contributed by atoms with Crippen LogP contribution in [0.3, 0.4) is 0 Å². The van der Waals surface area contributed by atoms with Gasteiger partial charge in [0.25, 0.3) is 0 Å². The normalized spacial score (nSPS) is 9.88. The van der Waals surface area contributed by atoms with Gasteiger partial charge in [-0.25, -0.2) is 9.18 Å². The maximum atomic E-state index is 13.2. The first-order valence-electron chi connectivity index (χ1n) is 4.32. The standard InChI is InChI=1S/C9H8FNO5/c1-2-16-9(13)7-5(10)3-4-6(8(7)12)11(14)15/h3-4,12H,2H2,1H3. The fraction of sp³-hybridized carbons (Fsp3) is 0.222. The molecule has 1 aromatic rings. The lowest BCUT2D eigenvalue weighted by molar-refractivity contribution is -0.386. The van der Waals surface area contributed by atoms with Gasteiger partial charge in [-0.3, -0.25) is 10.1 Å². The lowest BCUT2D eigenvalue weighted by Crippen LogP contribution is -2.08. The third-order valence-corrected chi connectivity index (χ3v) is 1.78. The van der Waals surface area contributed by atoms with Gasteiger partial charge < -0.3 is 9.84 Å². The second-order valence-corrected chi connectivity index (χ2v) is 2.77. The summed E-state index contributed by atoms with van der Waals surface area (Å²) in [6.07, 6.45) is 0. The third kappa shape index (κ3) is 2.08. The Hall–Kier alpha value is -2.18. The molecule has 0 radical (unpaired) electrons. The molecule has 0 atom stereocenters. The van der Waals surface area contributed by atoms with Gasteiger partial charge in [-0.2, -0.15) is 0 Å². The van der Waals surface area contributed by atoms with E-state index in [1.54, 1.807) is 0 Å². The fourth-order valence-corrected chi connectivity index (χ4v) is 1.10. The van der Waals surface area contributed by atoms with E-state index in [2.05, 4.69) is 4.74 Å². The van der Waals surface area contributed by atoms with Crippen LogP contribution < -0.4 is 0 Å². The second-order valence-electron chi connectivity index (χ2n) is 2.77. The van der Waals surface area contributed by atoms with Gasteiger partial charge in [-0.1, -0.05) is 0 Å². The number of rotatable bonds is 3. The van der Waals surface area contributed by atoms with Gasteiger partial charge in [-0.15, -0.1) is 0 Å². The number of phenolic OH excluding ortho intramolecular Hbond substituents is 1. The minimum absolute atomic E-state index is 0.0274. The first-order valence-corrected chi connectivity index (χ1v) is 4.32. The predicted molar refractivity (Wildman–Crippen MR) is 50.7 cm³/mol. The zero-order valence-electron chi connectivity index (χ0n) is 8.27. The van der Waals surface area contributed by atoms with Crippen molar-refractivity contribution < 1.29 is 24.0 Å². The van der Waals surface area contributed by atoms with Crippen LogP contribution in [0.4, 0.5) is 10.1 Å². The number of carbonyl (C=O) groups excluding carboxylic acids is 1. The van der Waals surface area contributed by atoms with Gasteiger partial charge in [0.15, 0.2) is 0 Å². The van der Waals surface area contributed by atoms with Crippen LogP contribution in [0.2, 0.25) is 0 Å². The Morgan fingerprint density at radius 1 is 1.62 bits per heavy atom. The molecule has 7 heteroatoms. The molecule has 0 aliphatic carbocycles. The Kier molecular flexibility index (Phi) is 3.39. The molecule has 6 nitrogen and oxygen atoms in total. The van der Waals surface area contributed by atoms with Crippen molar-refractivity contribution in [2.75, 3.05) is 6.61 Å². The smallest absolute Gasteiger partial charge is 0.345 e. The molecular formula is C9H8FNO5. The molecule has 0 fully saturated rings. The minimum atomic E-state index is -1.14. The summed E-state index contributed by atoms with van der Waals surface area (Å²) in [6, 6.07) is 1.50. The van der Waals surface area contributed by atoms with Gasteiger partial charge in [0.05, 0.1) is 11.5 Å². The van der Waals surface area contributed by atoms with Crippen molar-refractivity contribution in [1.29, 1.82) is 0 Å². The Morgan fingerprint density at radius 3 is 2.75 bits per heavy atom. The number of benzene rings is 1. The number of esters is 1. The molecule has 0 amide bonds. The highest BCUT2D eigenvalue weighted by Gasteiger charge is 2.26. The first kappa shape index (κ1) is 11.9. The van der Waals surface area contributed by atoms with Gasteiger partial charge in [0.1, 0.15) is 11.4 Å². The largest absolute Gasteiger partial charge is 0.501 e. The van der Waals surface area contributed by atoms with Crippen molar-refractivity contribution in [2.45, 2.75) is 6.92 Å². The highest BCUT2D eigenvalue weighted by Crippen LogP contribution is 2.31. The van der Waals surface area contributed by atoms with Crippen LogP contribution in [0, 0.1) is 15.9 Å². The molecule has 1 aromatic carbocycles. The maximum absolute atomic E-state index is 13.2. The molecule has 1 rings (SSSR count). The third-order valence-electron chi connectivity index (χ3n) is 1.78. The zero-order valence-corrected chi connectivity index (χ0v) is 8.27. The van der Waals surface area contributed by atoms with E-state index in [0.717, 1.165) is 12.1 Å². The fourth-order valence-electron chi connectivity index (χ4n) is 1.10. The van der Waals surface area contributed by atoms with E-state index in [9.17, 15) is 24.4 Å². The average Bonchev–Trinajstić information content (AvgIpc) is 2.17. The number of hydrogen-bond donors (Lipinski definition) is 1. The molecule has 0 spiro atoms. The summed E-state index contributed by atoms with van der Waals surface area (Å²) in [6.45, 7) is 1.46. The zero-order chi connectivity index (χ0) is 12.3. The number of ether oxygens (including phenoxy) is 1. The highest BCUT2D eigenvalue weighted by atomic mass is 19.1. The molecule has 16 heavy (non-hydrogen) atoms. The van der Waals surface area contributed by atoms with Crippen LogP contribution in [0.15, 0.2) is 12.1 Å². The Labute approximate surface area is 89.4 Å². The molecule has 1 N–H and O–H groups in total. The summed E-state index contributed by atoms with van der Waals surface area (Å²) >= 11 is 0. The summed E-state index contributed by atoms with van der Waals surface area (Å²) in [5.74, 6) is -3.23. The minimum Gasteiger partial charge on any atom is -0.501 e. The van der Waals surface area contributed by atoms with Crippen LogP contribution in [0.25, 0.3) is 0 Å². The van der Waals surface area contributed by atoms with Crippen molar-refractivity contribution in [3.8, 4) is 5.75 Å². The quantitative estimate of drug-likeness (QED) is 0.483. The van der Waals surface area contributed by atoms with Crippen LogP contribution in [-0.4, -0.2) is 22.6 Å². The van der Waals surface area contributed by atoms with Gasteiger partial charge >= 0.3 is 11.7 Å². The molecule has 0 saturated carbocycles. The van der Waals surface area contributed by atoms with E-state index in [0.29, 0.717) is 0 Å². The molecule has 0 aromatic heterocycles. The lowest BCUT2D eigenvalue weighted by atomic mass is 10.1. The Morgan fingerprint density at radius 2 is 2.25 bits per heavy atom. The molecule has 0 heterocycles. The van der Waals surface area contributed by atoms with Crippen LogP contribution >= 0.6 is 0 Å². The van der Waals surface area contributed by atoms with Crippen LogP contribution in [0.5, 0.6) is 5.75 Å². The molecule has 0 aliphatic heterocycles. The van der Waals surface area contributed by atoms with E-state index < -0.39 is 33.7 Å². The van der Waals surface area contributed by atoms with Crippen LogP contribution in [0.1, 0.15) is 17.3 Å². The van der Waals surface area contributed by atoms with Crippen molar-refractivity contribution in [3.63, 3.8) is 0 Å². The van der Waals surface area contributed by atoms with Gasteiger partial charge in [0, 0.05) is 6.07 Å². The highest BCUT2D eigenvalue weighted by molar-refractivity contribution is 5.94. The summed E-state index contributed by atoms with van der Waals surface area (Å²) < 4.78 is 17.6. The topological polar surface area (TPSA) is 89.7 Å². The first-order chi connectivity index (χ1) is 7.49. The van der Waals surface area contributed by atoms with Crippen molar-refractivity contribution in [2.24, 2.45) is 0 Å². The maximum Gasteiger partial charge on any atom is 0.345 e. The van der Waals surface area contributed by atoms with E-state index in [4.69, 9.17) is 0 Å². The number of halogens is 1. The van der Waals surface area contributed by atoms with E-state index in [1.165, 1.54) is 6.92 Å². The number of aromatic hydroxyl groups is 1. The Bertz CT molecular complexity index is 446. The van der Waals surface area contributed by atoms with Gasteiger partial charge in [-0.05, 0) is 13.0 Å². The molecule has 0 unspecified atom stereocenters. The molecule has 0 aliphatic rings. The summed E-state index contributed by atoms with van der Waals surface area (Å²) in [5, 5.41) is 19.8. The molecular weight excluding hydrogens is 221 g/mol. The predicted octanol–water partition coefficient (Wildman–Crippen LogP) is 1.62. The summed E-state index contributed by atoms with van der Waals surface area (Å²) in [7, 11) is 0. The molecule has 0 bridgehead atoms. The van der Waals surface area contributed by atoms with E-state index in [1.807, 2.05) is 0 Å². The molecule has 0 saturated heterocycles. The number of hydrogen-bond acceptors (Lipinski definition) is 5. The van der Waals surface area contributed by atoms with Gasteiger partial charge in [0.2, 0.25) is 5.75 Å². The number of phenols is 1. The second kappa shape index (κ2) is 4.56. The number of nitrogens with zero attached hydrogens (tertiary/aromatic N) is 1. The SMILES string of the molecule is CCOC(=O)c1c(F)ccc([N+](=O)[O-])c1O. The Balaban J connectivity index is 3.31. The number of nitro benzene ring substituents is 1.